The van der Waals surface area contributed by atoms with Crippen molar-refractivity contribution in [1.82, 2.24) is 4.98 Å². The van der Waals surface area contributed by atoms with Gasteiger partial charge in [-0.15, -0.1) is 0 Å². The zero-order valence-corrected chi connectivity index (χ0v) is 9.35. The van der Waals surface area contributed by atoms with E-state index in [0.29, 0.717) is 0 Å². The molecule has 1 aliphatic carbocycles. The molecule has 1 heterocycles. The second-order valence-corrected chi connectivity index (χ2v) is 4.73. The second kappa shape index (κ2) is 3.29. The number of aromatic nitrogens is 1. The molecule has 16 heavy (non-hydrogen) atoms. The van der Waals surface area contributed by atoms with Gasteiger partial charge >= 0.3 is 0 Å². The fourth-order valence-corrected chi connectivity index (χ4v) is 2.60. The largest absolute Gasteiger partial charge is 0.392 e. The first-order valence-electron chi connectivity index (χ1n) is 5.75. The number of hydrogen-bond donors (Lipinski definition) is 1. The van der Waals surface area contributed by atoms with Crippen LogP contribution in [0.5, 0.6) is 0 Å². The molecule has 0 radical (unpaired) electrons. The van der Waals surface area contributed by atoms with Crippen molar-refractivity contribution in [2.75, 3.05) is 0 Å². The molecule has 0 aliphatic heterocycles. The number of rotatable bonds is 2. The fraction of sp³-hybridized carbons (Fsp3) is 0.357. The molecular formula is C14H15NO. The van der Waals surface area contributed by atoms with Crippen molar-refractivity contribution in [3.8, 4) is 0 Å². The Morgan fingerprint density at radius 3 is 2.81 bits per heavy atom. The average Bonchev–Trinajstić information content (AvgIpc) is 3.09. The standard InChI is InChI=1S/C14H15NO/c1-10(16)14(6-7-14)13-4-2-3-11-9-15-8-5-12(11)13/h2-5,8-10,16H,6-7H2,1H3. The molecule has 1 saturated carbocycles. The van der Waals surface area contributed by atoms with Crippen LogP contribution < -0.4 is 0 Å². The van der Waals surface area contributed by atoms with Crippen molar-refractivity contribution in [3.63, 3.8) is 0 Å². The molecule has 1 unspecified atom stereocenters. The molecule has 82 valence electrons. The lowest BCUT2D eigenvalue weighted by molar-refractivity contribution is 0.151. The summed E-state index contributed by atoms with van der Waals surface area (Å²) in [7, 11) is 0. The second-order valence-electron chi connectivity index (χ2n) is 4.73. The van der Waals surface area contributed by atoms with E-state index < -0.39 is 0 Å². The highest BCUT2D eigenvalue weighted by molar-refractivity contribution is 5.86. The maximum Gasteiger partial charge on any atom is 0.0608 e. The first-order chi connectivity index (χ1) is 7.74. The molecule has 2 heteroatoms. The molecule has 1 aliphatic rings. The Bertz CT molecular complexity index is 524. The highest BCUT2D eigenvalue weighted by atomic mass is 16.3. The van der Waals surface area contributed by atoms with Gasteiger partial charge in [0.1, 0.15) is 0 Å². The van der Waals surface area contributed by atoms with Crippen molar-refractivity contribution in [3.05, 3.63) is 42.2 Å². The summed E-state index contributed by atoms with van der Waals surface area (Å²) < 4.78 is 0. The molecule has 0 saturated heterocycles. The van der Waals surface area contributed by atoms with Crippen LogP contribution in [0.2, 0.25) is 0 Å². The van der Waals surface area contributed by atoms with E-state index in [2.05, 4.69) is 23.2 Å². The SMILES string of the molecule is CC(O)C1(c2cccc3cnccc23)CC1. The molecule has 3 rings (SSSR count). The van der Waals surface area contributed by atoms with Gasteiger partial charge in [0.25, 0.3) is 0 Å². The summed E-state index contributed by atoms with van der Waals surface area (Å²) >= 11 is 0. The minimum atomic E-state index is -0.272. The molecule has 0 spiro atoms. The zero-order chi connectivity index (χ0) is 11.2. The Balaban J connectivity index is 2.25. The third kappa shape index (κ3) is 1.26. The molecular weight excluding hydrogens is 198 g/mol. The Labute approximate surface area is 94.9 Å². The van der Waals surface area contributed by atoms with Crippen LogP contribution in [-0.4, -0.2) is 16.2 Å². The Morgan fingerprint density at radius 1 is 1.31 bits per heavy atom. The van der Waals surface area contributed by atoms with Crippen molar-refractivity contribution < 1.29 is 5.11 Å². The van der Waals surface area contributed by atoms with E-state index in [1.54, 1.807) is 0 Å². The van der Waals surface area contributed by atoms with Gasteiger partial charge < -0.3 is 5.11 Å². The van der Waals surface area contributed by atoms with Crippen molar-refractivity contribution in [2.45, 2.75) is 31.3 Å². The van der Waals surface area contributed by atoms with Crippen molar-refractivity contribution >= 4 is 10.8 Å². The summed E-state index contributed by atoms with van der Waals surface area (Å²) in [5.41, 5.74) is 1.28. The van der Waals surface area contributed by atoms with Crippen LogP contribution in [0, 0.1) is 0 Å². The maximum absolute atomic E-state index is 9.94. The van der Waals surface area contributed by atoms with E-state index in [1.165, 1.54) is 10.9 Å². The molecule has 2 aromatic rings. The van der Waals surface area contributed by atoms with Gasteiger partial charge in [-0.25, -0.2) is 0 Å². The number of pyridine rings is 1. The van der Waals surface area contributed by atoms with E-state index in [-0.39, 0.29) is 11.5 Å². The highest BCUT2D eigenvalue weighted by Crippen LogP contribution is 2.52. The van der Waals surface area contributed by atoms with Crippen LogP contribution in [0.15, 0.2) is 36.7 Å². The van der Waals surface area contributed by atoms with E-state index in [0.717, 1.165) is 18.2 Å². The van der Waals surface area contributed by atoms with Crippen LogP contribution in [0.3, 0.4) is 0 Å². The molecule has 0 amide bonds. The first kappa shape index (κ1) is 9.79. The third-order valence-corrected chi connectivity index (χ3v) is 3.81. The lowest BCUT2D eigenvalue weighted by atomic mass is 9.87. The van der Waals surface area contributed by atoms with Crippen LogP contribution in [0.1, 0.15) is 25.3 Å². The predicted molar refractivity (Wildman–Crippen MR) is 64.3 cm³/mol. The molecule has 1 atom stereocenters. The van der Waals surface area contributed by atoms with Gasteiger partial charge in [0.15, 0.2) is 0 Å². The van der Waals surface area contributed by atoms with E-state index >= 15 is 0 Å². The molecule has 2 nitrogen and oxygen atoms in total. The van der Waals surface area contributed by atoms with Crippen LogP contribution in [0.4, 0.5) is 0 Å². The van der Waals surface area contributed by atoms with Gasteiger partial charge in [-0.05, 0) is 36.8 Å². The summed E-state index contributed by atoms with van der Waals surface area (Å²) in [6, 6.07) is 8.32. The summed E-state index contributed by atoms with van der Waals surface area (Å²) in [5.74, 6) is 0. The molecule has 1 N–H and O–H groups in total. The number of aliphatic hydroxyl groups is 1. The van der Waals surface area contributed by atoms with Gasteiger partial charge in [0, 0.05) is 23.2 Å². The molecule has 1 fully saturated rings. The quantitative estimate of drug-likeness (QED) is 0.832. The van der Waals surface area contributed by atoms with Gasteiger partial charge in [0.05, 0.1) is 6.10 Å². The fourth-order valence-electron chi connectivity index (χ4n) is 2.60. The van der Waals surface area contributed by atoms with E-state index in [4.69, 9.17) is 0 Å². The topological polar surface area (TPSA) is 33.1 Å². The van der Waals surface area contributed by atoms with Gasteiger partial charge in [0.2, 0.25) is 0 Å². The average molecular weight is 213 g/mol. The first-order valence-corrected chi connectivity index (χ1v) is 5.75. The van der Waals surface area contributed by atoms with Crippen molar-refractivity contribution in [1.29, 1.82) is 0 Å². The van der Waals surface area contributed by atoms with Crippen molar-refractivity contribution in [2.24, 2.45) is 0 Å². The molecule has 1 aromatic carbocycles. The summed E-state index contributed by atoms with van der Waals surface area (Å²) in [4.78, 5) is 4.14. The third-order valence-electron chi connectivity index (χ3n) is 3.81. The monoisotopic (exact) mass is 213 g/mol. The smallest absolute Gasteiger partial charge is 0.0608 e. The Hall–Kier alpha value is -1.41. The van der Waals surface area contributed by atoms with E-state index in [9.17, 15) is 5.11 Å². The summed E-state index contributed by atoms with van der Waals surface area (Å²) in [6.07, 6.45) is 5.62. The van der Waals surface area contributed by atoms with Gasteiger partial charge in [-0.3, -0.25) is 4.98 Å². The molecule has 0 bridgehead atoms. The van der Waals surface area contributed by atoms with E-state index in [1.807, 2.05) is 25.4 Å². The number of nitrogens with zero attached hydrogens (tertiary/aromatic N) is 1. The minimum absolute atomic E-state index is 0.000856. The Morgan fingerprint density at radius 2 is 2.12 bits per heavy atom. The lowest BCUT2D eigenvalue weighted by Gasteiger charge is -2.20. The van der Waals surface area contributed by atoms with Gasteiger partial charge in [-0.2, -0.15) is 0 Å². The lowest BCUT2D eigenvalue weighted by Crippen LogP contribution is -2.22. The molecule has 1 aromatic heterocycles. The minimum Gasteiger partial charge on any atom is -0.392 e. The van der Waals surface area contributed by atoms with Crippen LogP contribution >= 0.6 is 0 Å². The number of fused-ring (bicyclic) bond motifs is 1. The number of benzene rings is 1. The normalized spacial score (nSPS) is 19.6. The summed E-state index contributed by atoms with van der Waals surface area (Å²) in [5, 5.41) is 12.3. The predicted octanol–water partition coefficient (Wildman–Crippen LogP) is 2.65. The number of aliphatic hydroxyl groups excluding tert-OH is 1. The maximum atomic E-state index is 9.94. The number of hydrogen-bond acceptors (Lipinski definition) is 2. The van der Waals surface area contributed by atoms with Gasteiger partial charge in [-0.1, -0.05) is 18.2 Å². The van der Waals surface area contributed by atoms with Crippen LogP contribution in [0.25, 0.3) is 10.8 Å². The van der Waals surface area contributed by atoms with Crippen LogP contribution in [-0.2, 0) is 5.41 Å². The Kier molecular flexibility index (Phi) is 2.01. The summed E-state index contributed by atoms with van der Waals surface area (Å²) in [6.45, 7) is 1.90. The highest BCUT2D eigenvalue weighted by Gasteiger charge is 2.48. The zero-order valence-electron chi connectivity index (χ0n) is 9.35.